The van der Waals surface area contributed by atoms with E-state index >= 15 is 0 Å². The van der Waals surface area contributed by atoms with E-state index in [1.807, 2.05) is 18.2 Å². The highest BCUT2D eigenvalue weighted by Gasteiger charge is 2.32. The lowest BCUT2D eigenvalue weighted by Crippen LogP contribution is -2.08. The molecule has 0 saturated carbocycles. The Labute approximate surface area is 331 Å². The largest absolute Gasteiger partial charge is 0.424 e. The zero-order chi connectivity index (χ0) is 41.3. The summed E-state index contributed by atoms with van der Waals surface area (Å²) in [6.45, 7) is 4.48. The van der Waals surface area contributed by atoms with Gasteiger partial charge in [0.15, 0.2) is 0 Å². The van der Waals surface area contributed by atoms with Crippen molar-refractivity contribution in [1.82, 2.24) is 49.9 Å². The molecule has 13 nitrogen and oxygen atoms in total. The lowest BCUT2D eigenvalue weighted by atomic mass is 10.0. The number of hydrogen-bond acceptors (Lipinski definition) is 11. The van der Waals surface area contributed by atoms with Gasteiger partial charge >= 0.3 is 18.4 Å². The number of aromatic nitrogens is 10. The molecular formula is C38H31ClF6N10O3. The van der Waals surface area contributed by atoms with Gasteiger partial charge in [-0.05, 0) is 74.0 Å². The SMILES string of the molecule is CCOCn1nnc(-c2ccnc(Cl)n2)c1-c1cccc(C(F)(F)F)c1.CCOCn1nnc(-c2ccnc(Oc3ccccc3)n2)c1-c1cccc(C(F)(F)F)c1. The van der Waals surface area contributed by atoms with Crippen molar-refractivity contribution in [2.24, 2.45) is 0 Å². The first-order valence-corrected chi connectivity index (χ1v) is 17.7. The molecule has 0 bridgehead atoms. The average Bonchev–Trinajstić information content (AvgIpc) is 3.84. The molecule has 0 atom stereocenters. The molecule has 4 heterocycles. The zero-order valence-corrected chi connectivity index (χ0v) is 31.2. The molecule has 7 aromatic rings. The number of rotatable bonds is 12. The summed E-state index contributed by atoms with van der Waals surface area (Å²) in [5, 5.41) is 16.3. The fourth-order valence-corrected chi connectivity index (χ4v) is 5.49. The van der Waals surface area contributed by atoms with Crippen LogP contribution in [0.3, 0.4) is 0 Å². The summed E-state index contributed by atoms with van der Waals surface area (Å²) in [5.74, 6) is 0.544. The maximum Gasteiger partial charge on any atom is 0.416 e. The topological polar surface area (TPSA) is 141 Å². The molecule has 0 radical (unpaired) electrons. The van der Waals surface area contributed by atoms with E-state index in [1.54, 1.807) is 50.2 Å². The van der Waals surface area contributed by atoms with E-state index in [2.05, 4.69) is 40.6 Å². The number of ether oxygens (including phenoxy) is 3. The van der Waals surface area contributed by atoms with Gasteiger partial charge in [0.1, 0.15) is 47.7 Å². The summed E-state index contributed by atoms with van der Waals surface area (Å²) in [5.41, 5.74) is 0.969. The molecule has 0 amide bonds. The summed E-state index contributed by atoms with van der Waals surface area (Å²) in [6.07, 6.45) is -6.03. The number of nitrogens with zero attached hydrogens (tertiary/aromatic N) is 10. The fourth-order valence-electron chi connectivity index (χ4n) is 5.35. The maximum absolute atomic E-state index is 13.3. The van der Waals surface area contributed by atoms with Crippen LogP contribution in [0, 0.1) is 0 Å². The Kier molecular flexibility index (Phi) is 13.0. The molecule has 300 valence electrons. The second kappa shape index (κ2) is 18.3. The molecule has 0 saturated heterocycles. The average molecular weight is 825 g/mol. The predicted molar refractivity (Wildman–Crippen MR) is 198 cm³/mol. The first-order chi connectivity index (χ1) is 27.9. The highest BCUT2D eigenvalue weighted by Crippen LogP contribution is 2.37. The first-order valence-electron chi connectivity index (χ1n) is 17.3. The van der Waals surface area contributed by atoms with Crippen LogP contribution in [-0.4, -0.2) is 63.1 Å². The van der Waals surface area contributed by atoms with Crippen LogP contribution in [0.15, 0.2) is 103 Å². The maximum atomic E-state index is 13.3. The number of halogens is 7. The van der Waals surface area contributed by atoms with Crippen molar-refractivity contribution in [3.05, 3.63) is 120 Å². The number of benzene rings is 3. The van der Waals surface area contributed by atoms with Gasteiger partial charge in [0.05, 0.1) is 16.8 Å². The Hall–Kier alpha value is -6.31. The summed E-state index contributed by atoms with van der Waals surface area (Å²) >= 11 is 5.82. The monoisotopic (exact) mass is 824 g/mol. The van der Waals surface area contributed by atoms with Crippen molar-refractivity contribution >= 4 is 11.6 Å². The van der Waals surface area contributed by atoms with Crippen LogP contribution in [0.4, 0.5) is 26.3 Å². The van der Waals surface area contributed by atoms with Gasteiger partial charge in [-0.3, -0.25) is 0 Å². The van der Waals surface area contributed by atoms with Crippen LogP contribution in [0.2, 0.25) is 5.28 Å². The Morgan fingerprint density at radius 2 is 1.10 bits per heavy atom. The molecular weight excluding hydrogens is 794 g/mol. The Morgan fingerprint density at radius 3 is 1.59 bits per heavy atom. The summed E-state index contributed by atoms with van der Waals surface area (Å²) in [6, 6.07) is 22.0. The normalized spacial score (nSPS) is 11.6. The molecule has 7 rings (SSSR count). The van der Waals surface area contributed by atoms with Gasteiger partial charge < -0.3 is 14.2 Å². The molecule has 0 aliphatic carbocycles. The molecule has 0 aliphatic rings. The second-order valence-corrected chi connectivity index (χ2v) is 12.2. The van der Waals surface area contributed by atoms with E-state index < -0.39 is 23.5 Å². The van der Waals surface area contributed by atoms with Gasteiger partial charge in [-0.2, -0.15) is 31.3 Å². The minimum absolute atomic E-state index is 0.00292. The lowest BCUT2D eigenvalue weighted by molar-refractivity contribution is -0.138. The van der Waals surface area contributed by atoms with E-state index in [4.69, 9.17) is 25.8 Å². The summed E-state index contributed by atoms with van der Waals surface area (Å²) in [7, 11) is 0. The van der Waals surface area contributed by atoms with Gasteiger partial charge in [0, 0.05) is 36.7 Å². The molecule has 0 aliphatic heterocycles. The van der Waals surface area contributed by atoms with E-state index in [1.165, 1.54) is 33.9 Å². The van der Waals surface area contributed by atoms with Gasteiger partial charge in [0.2, 0.25) is 5.28 Å². The number of alkyl halides is 6. The third kappa shape index (κ3) is 10.2. The molecule has 3 aromatic carbocycles. The van der Waals surface area contributed by atoms with Crippen LogP contribution in [0.1, 0.15) is 25.0 Å². The molecule has 4 aromatic heterocycles. The Morgan fingerprint density at radius 1 is 0.603 bits per heavy atom. The lowest BCUT2D eigenvalue weighted by Gasteiger charge is -2.11. The van der Waals surface area contributed by atoms with Crippen LogP contribution >= 0.6 is 11.6 Å². The highest BCUT2D eigenvalue weighted by molar-refractivity contribution is 6.28. The van der Waals surface area contributed by atoms with Gasteiger partial charge in [-0.1, -0.05) is 52.9 Å². The van der Waals surface area contributed by atoms with Crippen molar-refractivity contribution in [2.45, 2.75) is 39.7 Å². The highest BCUT2D eigenvalue weighted by atomic mass is 35.5. The van der Waals surface area contributed by atoms with Crippen molar-refractivity contribution in [1.29, 1.82) is 0 Å². The minimum Gasteiger partial charge on any atom is -0.424 e. The minimum atomic E-state index is -4.49. The van der Waals surface area contributed by atoms with E-state index in [0.717, 1.165) is 24.3 Å². The Balaban J connectivity index is 0.000000200. The van der Waals surface area contributed by atoms with Crippen molar-refractivity contribution < 1.29 is 40.6 Å². The predicted octanol–water partition coefficient (Wildman–Crippen LogP) is 9.28. The molecule has 0 fully saturated rings. The number of hydrogen-bond donors (Lipinski definition) is 0. The van der Waals surface area contributed by atoms with Gasteiger partial charge in [0.25, 0.3) is 0 Å². The first kappa shape index (κ1) is 41.3. The molecule has 58 heavy (non-hydrogen) atoms. The van der Waals surface area contributed by atoms with Crippen LogP contribution in [0.25, 0.3) is 45.3 Å². The van der Waals surface area contributed by atoms with Crippen molar-refractivity contribution in [2.75, 3.05) is 13.2 Å². The van der Waals surface area contributed by atoms with Crippen LogP contribution in [0.5, 0.6) is 11.8 Å². The van der Waals surface area contributed by atoms with E-state index in [9.17, 15) is 26.3 Å². The second-order valence-electron chi connectivity index (χ2n) is 11.8. The Bertz CT molecular complexity index is 2440. The van der Waals surface area contributed by atoms with Gasteiger partial charge in [-0.25, -0.2) is 24.3 Å². The summed E-state index contributed by atoms with van der Waals surface area (Å²) < 4.78 is 98.3. The summed E-state index contributed by atoms with van der Waals surface area (Å²) in [4.78, 5) is 16.3. The van der Waals surface area contributed by atoms with E-state index in [-0.39, 0.29) is 47.3 Å². The third-order valence-electron chi connectivity index (χ3n) is 7.93. The molecule has 0 N–H and O–H groups in total. The van der Waals surface area contributed by atoms with E-state index in [0.29, 0.717) is 41.7 Å². The standard InChI is InChI=1S/C22H18F3N5O2.C16H13ClF3N5O/c1-2-31-14-30-20(15-7-6-8-16(13-15)22(23,24)25)19(28-29-30)18-11-12-26-21(27-18)32-17-9-4-3-5-10-17;1-2-26-9-25-14(10-4-3-5-11(8-10)16(18,19)20)13(23-24-25)12-6-7-21-15(17)22-12/h3-13H,2,14H2,1H3;3-8H,2,9H2,1H3. The van der Waals surface area contributed by atoms with Crippen LogP contribution in [-0.2, 0) is 35.3 Å². The van der Waals surface area contributed by atoms with Crippen LogP contribution < -0.4 is 4.74 Å². The molecule has 0 spiro atoms. The quantitative estimate of drug-likeness (QED) is 0.0860. The van der Waals surface area contributed by atoms with Crippen molar-refractivity contribution in [3.8, 4) is 57.1 Å². The smallest absolute Gasteiger partial charge is 0.416 e. The fraction of sp³-hybridized carbons (Fsp3) is 0.211. The molecule has 20 heteroatoms. The van der Waals surface area contributed by atoms with Gasteiger partial charge in [-0.15, -0.1) is 10.2 Å². The zero-order valence-electron chi connectivity index (χ0n) is 30.5. The molecule has 0 unspecified atom stereocenters. The van der Waals surface area contributed by atoms with Crippen molar-refractivity contribution in [3.63, 3.8) is 0 Å². The number of para-hydroxylation sites is 1. The third-order valence-corrected chi connectivity index (χ3v) is 8.11.